The van der Waals surface area contributed by atoms with Crippen molar-refractivity contribution in [3.8, 4) is 0 Å². The van der Waals surface area contributed by atoms with Gasteiger partial charge in [0.15, 0.2) is 0 Å². The topological polar surface area (TPSA) is 64.3 Å². The van der Waals surface area contributed by atoms with Gasteiger partial charge in [0, 0.05) is 31.7 Å². The number of nitrogen functional groups attached to an aromatic ring is 1. The Balaban J connectivity index is 1.98. The molecule has 0 spiro atoms. The van der Waals surface area contributed by atoms with Gasteiger partial charge in [-0.15, -0.1) is 0 Å². The first-order valence-corrected chi connectivity index (χ1v) is 5.90. The minimum Gasteiger partial charge on any atom is -0.384 e. The van der Waals surface area contributed by atoms with E-state index in [-0.39, 0.29) is 0 Å². The highest BCUT2D eigenvalue weighted by atomic mass is 32.1. The van der Waals surface area contributed by atoms with E-state index in [0.29, 0.717) is 11.9 Å². The largest absolute Gasteiger partial charge is 0.384 e. The van der Waals surface area contributed by atoms with Crippen LogP contribution in [-0.4, -0.2) is 36.2 Å². The van der Waals surface area contributed by atoms with Crippen molar-refractivity contribution in [1.29, 1.82) is 0 Å². The summed E-state index contributed by atoms with van der Waals surface area (Å²) in [4.78, 5) is 6.45. The molecule has 0 amide bonds. The fraction of sp³-hybridized carbons (Fsp3) is 0.778. The van der Waals surface area contributed by atoms with Crippen molar-refractivity contribution in [3.05, 3.63) is 0 Å². The molecule has 84 valence electrons. The van der Waals surface area contributed by atoms with Crippen LogP contribution in [0.25, 0.3) is 0 Å². The van der Waals surface area contributed by atoms with E-state index in [1.54, 1.807) is 7.11 Å². The molecule has 1 unspecified atom stereocenters. The number of hydrogen-bond acceptors (Lipinski definition) is 6. The Morgan fingerprint density at radius 1 is 1.67 bits per heavy atom. The van der Waals surface area contributed by atoms with Gasteiger partial charge in [-0.3, -0.25) is 0 Å². The summed E-state index contributed by atoms with van der Waals surface area (Å²) in [6, 6.07) is 0. The molecule has 5 nitrogen and oxygen atoms in total. The first-order chi connectivity index (χ1) is 7.29. The van der Waals surface area contributed by atoms with Gasteiger partial charge in [0.2, 0.25) is 11.1 Å². The zero-order valence-electron chi connectivity index (χ0n) is 8.85. The Morgan fingerprint density at radius 3 is 3.20 bits per heavy atom. The fourth-order valence-electron chi connectivity index (χ4n) is 1.97. The first kappa shape index (κ1) is 10.6. The zero-order chi connectivity index (χ0) is 10.7. The van der Waals surface area contributed by atoms with Crippen LogP contribution in [0.4, 0.5) is 11.1 Å². The maximum absolute atomic E-state index is 5.52. The van der Waals surface area contributed by atoms with Gasteiger partial charge in [-0.1, -0.05) is 0 Å². The van der Waals surface area contributed by atoms with Crippen LogP contribution in [-0.2, 0) is 4.74 Å². The van der Waals surface area contributed by atoms with E-state index >= 15 is 0 Å². The molecule has 0 radical (unpaired) electrons. The molecule has 1 fully saturated rings. The molecule has 6 heteroatoms. The normalized spacial score (nSPS) is 21.9. The number of piperidine rings is 1. The second-order valence-electron chi connectivity index (χ2n) is 3.84. The summed E-state index contributed by atoms with van der Waals surface area (Å²) in [5.74, 6) is 0.984. The maximum Gasteiger partial charge on any atom is 0.233 e. The highest BCUT2D eigenvalue weighted by Crippen LogP contribution is 2.25. The van der Waals surface area contributed by atoms with Crippen LogP contribution in [0.3, 0.4) is 0 Å². The molecular weight excluding hydrogens is 212 g/mol. The standard InChI is InChI=1S/C9H16N4OS/c1-14-6-7-3-2-4-13(5-7)9-11-8(10)12-15-9/h7H,2-6H2,1H3,(H2,10,12). The van der Waals surface area contributed by atoms with E-state index in [0.717, 1.165) is 24.8 Å². The predicted octanol–water partition coefficient (Wildman–Crippen LogP) is 0.983. The van der Waals surface area contributed by atoms with Crippen LogP contribution >= 0.6 is 11.5 Å². The van der Waals surface area contributed by atoms with E-state index in [1.165, 1.54) is 24.4 Å². The first-order valence-electron chi connectivity index (χ1n) is 5.12. The number of nitrogens with zero attached hydrogens (tertiary/aromatic N) is 3. The Labute approximate surface area is 93.4 Å². The Hall–Kier alpha value is -0.880. The number of ether oxygens (including phenoxy) is 1. The monoisotopic (exact) mass is 228 g/mol. The van der Waals surface area contributed by atoms with Gasteiger partial charge in [0.1, 0.15) is 0 Å². The smallest absolute Gasteiger partial charge is 0.233 e. The van der Waals surface area contributed by atoms with E-state index in [1.807, 2.05) is 0 Å². The van der Waals surface area contributed by atoms with E-state index in [9.17, 15) is 0 Å². The van der Waals surface area contributed by atoms with Crippen molar-refractivity contribution in [2.24, 2.45) is 5.92 Å². The fourth-order valence-corrected chi connectivity index (χ4v) is 2.60. The highest BCUT2D eigenvalue weighted by molar-refractivity contribution is 7.09. The highest BCUT2D eigenvalue weighted by Gasteiger charge is 2.22. The van der Waals surface area contributed by atoms with Crippen molar-refractivity contribution in [1.82, 2.24) is 9.36 Å². The summed E-state index contributed by atoms with van der Waals surface area (Å²) in [6.45, 7) is 2.88. The summed E-state index contributed by atoms with van der Waals surface area (Å²) in [7, 11) is 1.75. The van der Waals surface area contributed by atoms with Gasteiger partial charge in [0.05, 0.1) is 6.61 Å². The van der Waals surface area contributed by atoms with Gasteiger partial charge in [-0.05, 0) is 18.8 Å². The Morgan fingerprint density at radius 2 is 2.53 bits per heavy atom. The summed E-state index contributed by atoms with van der Waals surface area (Å²) < 4.78 is 9.18. The molecular formula is C9H16N4OS. The lowest BCUT2D eigenvalue weighted by atomic mass is 9.99. The van der Waals surface area contributed by atoms with Crippen LogP contribution in [0.2, 0.25) is 0 Å². The molecule has 2 N–H and O–H groups in total. The molecule has 15 heavy (non-hydrogen) atoms. The van der Waals surface area contributed by atoms with Gasteiger partial charge < -0.3 is 15.4 Å². The third-order valence-electron chi connectivity index (χ3n) is 2.62. The molecule has 1 saturated heterocycles. The van der Waals surface area contributed by atoms with Crippen molar-refractivity contribution >= 4 is 22.6 Å². The van der Waals surface area contributed by atoms with Gasteiger partial charge >= 0.3 is 0 Å². The zero-order valence-corrected chi connectivity index (χ0v) is 9.66. The Bertz CT molecular complexity index is 315. The van der Waals surface area contributed by atoms with Crippen molar-refractivity contribution < 1.29 is 4.74 Å². The second kappa shape index (κ2) is 4.76. The lowest BCUT2D eigenvalue weighted by Gasteiger charge is -2.31. The van der Waals surface area contributed by atoms with Gasteiger partial charge in [-0.2, -0.15) is 9.36 Å². The number of anilines is 2. The van der Waals surface area contributed by atoms with Gasteiger partial charge in [0.25, 0.3) is 0 Å². The third-order valence-corrected chi connectivity index (χ3v) is 3.41. The second-order valence-corrected chi connectivity index (χ2v) is 4.58. The number of rotatable bonds is 3. The van der Waals surface area contributed by atoms with E-state index in [4.69, 9.17) is 10.5 Å². The number of nitrogens with two attached hydrogens (primary N) is 1. The van der Waals surface area contributed by atoms with E-state index in [2.05, 4.69) is 14.3 Å². The molecule has 1 aliphatic rings. The lowest BCUT2D eigenvalue weighted by molar-refractivity contribution is 0.143. The molecule has 0 aromatic carbocycles. The van der Waals surface area contributed by atoms with Crippen LogP contribution < -0.4 is 10.6 Å². The molecule has 0 aliphatic carbocycles. The minimum atomic E-state index is 0.379. The van der Waals surface area contributed by atoms with Crippen LogP contribution in [0, 0.1) is 5.92 Å². The quantitative estimate of drug-likeness (QED) is 0.835. The van der Waals surface area contributed by atoms with Crippen LogP contribution in [0.15, 0.2) is 0 Å². The lowest BCUT2D eigenvalue weighted by Crippen LogP contribution is -2.37. The average Bonchev–Trinajstić information content (AvgIpc) is 2.66. The minimum absolute atomic E-state index is 0.379. The molecule has 0 bridgehead atoms. The van der Waals surface area contributed by atoms with Crippen molar-refractivity contribution in [2.75, 3.05) is 37.4 Å². The molecule has 1 aromatic heterocycles. The molecule has 2 rings (SSSR count). The summed E-state index contributed by atoms with van der Waals surface area (Å²) >= 11 is 1.38. The summed E-state index contributed by atoms with van der Waals surface area (Å²) in [5, 5.41) is 0.938. The van der Waals surface area contributed by atoms with Crippen molar-refractivity contribution in [3.63, 3.8) is 0 Å². The van der Waals surface area contributed by atoms with Crippen molar-refractivity contribution in [2.45, 2.75) is 12.8 Å². The number of aromatic nitrogens is 2. The van der Waals surface area contributed by atoms with Crippen LogP contribution in [0.1, 0.15) is 12.8 Å². The summed E-state index contributed by atoms with van der Waals surface area (Å²) in [5.41, 5.74) is 5.52. The summed E-state index contributed by atoms with van der Waals surface area (Å²) in [6.07, 6.45) is 2.42. The number of methoxy groups -OCH3 is 1. The molecule has 2 heterocycles. The molecule has 1 aliphatic heterocycles. The van der Waals surface area contributed by atoms with E-state index < -0.39 is 0 Å². The molecule has 1 atom stereocenters. The van der Waals surface area contributed by atoms with Crippen LogP contribution in [0.5, 0.6) is 0 Å². The average molecular weight is 228 g/mol. The van der Waals surface area contributed by atoms with Gasteiger partial charge in [-0.25, -0.2) is 0 Å². The third kappa shape index (κ3) is 2.57. The SMILES string of the molecule is COCC1CCCN(c2nc(N)ns2)C1. The molecule has 0 saturated carbocycles. The Kier molecular flexibility index (Phi) is 3.37. The number of hydrogen-bond donors (Lipinski definition) is 1. The predicted molar refractivity (Wildman–Crippen MR) is 61.1 cm³/mol. The molecule has 1 aromatic rings. The maximum atomic E-state index is 5.52.